The van der Waals surface area contributed by atoms with Crippen molar-refractivity contribution in [2.75, 3.05) is 18.5 Å². The number of rotatable bonds is 10. The second kappa shape index (κ2) is 11.1. The molecule has 0 aliphatic carbocycles. The van der Waals surface area contributed by atoms with Crippen molar-refractivity contribution < 1.29 is 14.3 Å². The smallest absolute Gasteiger partial charge is 0.338 e. The average Bonchev–Trinajstić information content (AvgIpc) is 3.27. The summed E-state index contributed by atoms with van der Waals surface area (Å²) >= 11 is 1.55. The summed E-state index contributed by atoms with van der Waals surface area (Å²) in [5, 5.41) is 8.62. The van der Waals surface area contributed by atoms with Crippen LogP contribution < -0.4 is 10.1 Å². The zero-order valence-corrected chi connectivity index (χ0v) is 20.2. The van der Waals surface area contributed by atoms with E-state index < -0.39 is 12.0 Å². The molecule has 3 aromatic rings. The number of hydrogen-bond acceptors (Lipinski definition) is 7. The molecule has 1 aliphatic heterocycles. The second-order valence-corrected chi connectivity index (χ2v) is 8.75. The lowest BCUT2D eigenvalue weighted by Gasteiger charge is -2.28. The SMILES string of the molecule is C=CCOC(=O)C1=C(C)Nc2nc(SCc3ccccc3)nn2C1c1ccc(OCCC)cc1. The van der Waals surface area contributed by atoms with Gasteiger partial charge in [0.2, 0.25) is 11.1 Å². The predicted molar refractivity (Wildman–Crippen MR) is 134 cm³/mol. The Balaban J connectivity index is 1.66. The fraction of sp³-hybridized carbons (Fsp3) is 0.269. The van der Waals surface area contributed by atoms with Crippen LogP contribution in [0.1, 0.15) is 37.4 Å². The molecule has 2 heterocycles. The number of carbonyl (C=O) groups excluding carboxylic acids is 1. The van der Waals surface area contributed by atoms with Crippen molar-refractivity contribution in [3.8, 4) is 5.75 Å². The van der Waals surface area contributed by atoms with Gasteiger partial charge in [0.15, 0.2) is 0 Å². The molecule has 0 radical (unpaired) electrons. The number of allylic oxidation sites excluding steroid dienone is 1. The Morgan fingerprint density at radius 1 is 1.21 bits per heavy atom. The molecule has 34 heavy (non-hydrogen) atoms. The zero-order chi connectivity index (χ0) is 23.9. The van der Waals surface area contributed by atoms with Gasteiger partial charge in [-0.05, 0) is 36.6 Å². The van der Waals surface area contributed by atoms with E-state index >= 15 is 0 Å². The van der Waals surface area contributed by atoms with Gasteiger partial charge in [-0.15, -0.1) is 5.10 Å². The maximum Gasteiger partial charge on any atom is 0.338 e. The summed E-state index contributed by atoms with van der Waals surface area (Å²) < 4.78 is 12.9. The lowest BCUT2D eigenvalue weighted by molar-refractivity contribution is -0.138. The molecule has 1 atom stereocenters. The van der Waals surface area contributed by atoms with Crippen molar-refractivity contribution in [3.63, 3.8) is 0 Å². The lowest BCUT2D eigenvalue weighted by Crippen LogP contribution is -2.29. The summed E-state index contributed by atoms with van der Waals surface area (Å²) in [7, 11) is 0. The largest absolute Gasteiger partial charge is 0.494 e. The minimum atomic E-state index is -0.479. The zero-order valence-electron chi connectivity index (χ0n) is 19.4. The molecule has 0 fully saturated rings. The summed E-state index contributed by atoms with van der Waals surface area (Å²) in [6.07, 6.45) is 2.49. The van der Waals surface area contributed by atoms with Crippen LogP contribution in [0.15, 0.2) is 83.7 Å². The van der Waals surface area contributed by atoms with Gasteiger partial charge in [0.1, 0.15) is 18.4 Å². The topological polar surface area (TPSA) is 78.3 Å². The minimum absolute atomic E-state index is 0.133. The van der Waals surface area contributed by atoms with E-state index in [0.717, 1.165) is 23.5 Å². The molecule has 0 spiro atoms. The van der Waals surface area contributed by atoms with Crippen molar-refractivity contribution in [1.29, 1.82) is 0 Å². The molecule has 2 aromatic carbocycles. The summed E-state index contributed by atoms with van der Waals surface area (Å²) in [6, 6.07) is 17.4. The molecule has 0 bridgehead atoms. The first-order valence-electron chi connectivity index (χ1n) is 11.2. The third-order valence-corrected chi connectivity index (χ3v) is 6.17. The van der Waals surface area contributed by atoms with E-state index in [1.165, 1.54) is 5.56 Å². The van der Waals surface area contributed by atoms with Crippen molar-refractivity contribution in [1.82, 2.24) is 14.8 Å². The molecular formula is C26H28N4O3S. The molecule has 7 nitrogen and oxygen atoms in total. The van der Waals surface area contributed by atoms with E-state index in [9.17, 15) is 4.79 Å². The third-order valence-electron chi connectivity index (χ3n) is 5.26. The Labute approximate surface area is 203 Å². The second-order valence-electron chi connectivity index (χ2n) is 7.81. The summed E-state index contributed by atoms with van der Waals surface area (Å²) in [5.41, 5.74) is 3.25. The molecule has 1 aliphatic rings. The average molecular weight is 477 g/mol. The summed E-state index contributed by atoms with van der Waals surface area (Å²) in [6.45, 7) is 8.35. The number of thioether (sulfide) groups is 1. The monoisotopic (exact) mass is 476 g/mol. The van der Waals surface area contributed by atoms with E-state index in [4.69, 9.17) is 14.6 Å². The van der Waals surface area contributed by atoms with Crippen LogP contribution in [0.5, 0.6) is 5.75 Å². The number of hydrogen-bond donors (Lipinski definition) is 1. The van der Waals surface area contributed by atoms with Gasteiger partial charge < -0.3 is 14.8 Å². The molecular weight excluding hydrogens is 448 g/mol. The van der Waals surface area contributed by atoms with Crippen molar-refractivity contribution in [2.45, 2.75) is 37.2 Å². The Morgan fingerprint density at radius 3 is 2.68 bits per heavy atom. The first kappa shape index (κ1) is 23.6. The fourth-order valence-corrected chi connectivity index (χ4v) is 4.45. The highest BCUT2D eigenvalue weighted by molar-refractivity contribution is 7.98. The van der Waals surface area contributed by atoms with Crippen LogP contribution in [-0.4, -0.2) is 33.9 Å². The highest BCUT2D eigenvalue weighted by Gasteiger charge is 2.35. The normalized spacial score (nSPS) is 14.8. The Bertz CT molecular complexity index is 1170. The maximum absolute atomic E-state index is 13.0. The van der Waals surface area contributed by atoms with Crippen LogP contribution in [0.2, 0.25) is 0 Å². The van der Waals surface area contributed by atoms with Gasteiger partial charge in [-0.2, -0.15) is 4.98 Å². The molecule has 0 amide bonds. The number of nitrogens with zero attached hydrogens (tertiary/aromatic N) is 3. The number of esters is 1. The maximum atomic E-state index is 13.0. The van der Waals surface area contributed by atoms with Crippen LogP contribution in [0.4, 0.5) is 5.95 Å². The van der Waals surface area contributed by atoms with E-state index in [1.807, 2.05) is 49.4 Å². The van der Waals surface area contributed by atoms with Crippen LogP contribution in [0.3, 0.4) is 0 Å². The fourth-order valence-electron chi connectivity index (χ4n) is 3.67. The van der Waals surface area contributed by atoms with Crippen LogP contribution in [0.25, 0.3) is 0 Å². The Kier molecular flexibility index (Phi) is 7.69. The molecule has 1 N–H and O–H groups in total. The van der Waals surface area contributed by atoms with Gasteiger partial charge in [-0.25, -0.2) is 9.48 Å². The van der Waals surface area contributed by atoms with E-state index in [1.54, 1.807) is 22.5 Å². The third kappa shape index (κ3) is 5.34. The Hall–Kier alpha value is -3.52. The highest BCUT2D eigenvalue weighted by atomic mass is 32.2. The molecule has 4 rings (SSSR count). The van der Waals surface area contributed by atoms with Gasteiger partial charge >= 0.3 is 5.97 Å². The first-order chi connectivity index (χ1) is 16.6. The molecule has 1 unspecified atom stereocenters. The number of nitrogens with one attached hydrogen (secondary N) is 1. The number of aromatic nitrogens is 3. The molecule has 176 valence electrons. The lowest BCUT2D eigenvalue weighted by atomic mass is 9.96. The van der Waals surface area contributed by atoms with Crippen molar-refractivity contribution in [2.24, 2.45) is 0 Å². The van der Waals surface area contributed by atoms with Gasteiger partial charge in [0, 0.05) is 11.4 Å². The molecule has 8 heteroatoms. The van der Waals surface area contributed by atoms with Crippen LogP contribution in [-0.2, 0) is 15.3 Å². The van der Waals surface area contributed by atoms with Crippen molar-refractivity contribution >= 4 is 23.7 Å². The number of carbonyl (C=O) groups is 1. The molecule has 0 saturated heterocycles. The van der Waals surface area contributed by atoms with Gasteiger partial charge in [-0.1, -0.05) is 73.8 Å². The minimum Gasteiger partial charge on any atom is -0.494 e. The van der Waals surface area contributed by atoms with Crippen molar-refractivity contribution in [3.05, 3.63) is 89.6 Å². The van der Waals surface area contributed by atoms with Gasteiger partial charge in [0.05, 0.1) is 12.2 Å². The quantitative estimate of drug-likeness (QED) is 0.239. The number of anilines is 1. The van der Waals surface area contributed by atoms with Gasteiger partial charge in [-0.3, -0.25) is 0 Å². The summed E-state index contributed by atoms with van der Waals surface area (Å²) in [5.74, 6) is 1.71. The molecule has 0 saturated carbocycles. The van der Waals surface area contributed by atoms with Crippen LogP contribution >= 0.6 is 11.8 Å². The first-order valence-corrected chi connectivity index (χ1v) is 12.2. The predicted octanol–water partition coefficient (Wildman–Crippen LogP) is 5.38. The number of ether oxygens (including phenoxy) is 2. The van der Waals surface area contributed by atoms with Crippen LogP contribution in [0, 0.1) is 0 Å². The molecule has 1 aromatic heterocycles. The Morgan fingerprint density at radius 2 is 1.97 bits per heavy atom. The number of fused-ring (bicyclic) bond motifs is 1. The standard InChI is InChI=1S/C26H28N4O3S/c1-4-15-32-21-13-11-20(12-14-21)23-22(24(31)33-16-5-2)18(3)27-25-28-26(29-30(23)25)34-17-19-9-7-6-8-10-19/h5-14,23H,2,4,15-17H2,1,3H3,(H,27,28,29). The summed E-state index contributed by atoms with van der Waals surface area (Å²) in [4.78, 5) is 17.7. The van der Waals surface area contributed by atoms with E-state index in [2.05, 4.69) is 35.9 Å². The van der Waals surface area contributed by atoms with E-state index in [0.29, 0.717) is 29.0 Å². The van der Waals surface area contributed by atoms with E-state index in [-0.39, 0.29) is 6.61 Å². The van der Waals surface area contributed by atoms with Gasteiger partial charge in [0.25, 0.3) is 0 Å². The highest BCUT2D eigenvalue weighted by Crippen LogP contribution is 2.37. The number of benzene rings is 2.